The lowest BCUT2D eigenvalue weighted by Crippen LogP contribution is -2.30. The molecule has 0 bridgehead atoms. The molecule has 25 heavy (non-hydrogen) atoms. The Kier molecular flexibility index (Phi) is 6.36. The molecule has 1 atom stereocenters. The monoisotopic (exact) mass is 365 g/mol. The SMILES string of the molecule is COc1ccc(Cl)cc1CC(=O)O[C@@H](C)C(=O)Nc1ccc(F)cc1. The van der Waals surface area contributed by atoms with E-state index in [4.69, 9.17) is 21.1 Å². The van der Waals surface area contributed by atoms with Gasteiger partial charge < -0.3 is 14.8 Å². The van der Waals surface area contributed by atoms with Gasteiger partial charge in [0.05, 0.1) is 13.5 Å². The molecule has 2 aromatic rings. The molecule has 132 valence electrons. The van der Waals surface area contributed by atoms with Crippen LogP contribution in [0.25, 0.3) is 0 Å². The van der Waals surface area contributed by atoms with Gasteiger partial charge in [-0.3, -0.25) is 9.59 Å². The van der Waals surface area contributed by atoms with Crippen molar-refractivity contribution in [1.29, 1.82) is 0 Å². The third-order valence-corrected chi connectivity index (χ3v) is 3.60. The van der Waals surface area contributed by atoms with Crippen molar-refractivity contribution in [1.82, 2.24) is 0 Å². The van der Waals surface area contributed by atoms with Gasteiger partial charge in [-0.1, -0.05) is 11.6 Å². The Labute approximate surface area is 149 Å². The fraction of sp³-hybridized carbons (Fsp3) is 0.222. The topological polar surface area (TPSA) is 64.6 Å². The second-order valence-corrected chi connectivity index (χ2v) is 5.70. The second-order valence-electron chi connectivity index (χ2n) is 5.26. The van der Waals surface area contributed by atoms with E-state index in [1.54, 1.807) is 18.2 Å². The number of hydrogen-bond acceptors (Lipinski definition) is 4. The van der Waals surface area contributed by atoms with Crippen molar-refractivity contribution >= 4 is 29.2 Å². The van der Waals surface area contributed by atoms with Crippen molar-refractivity contribution in [3.05, 3.63) is 58.9 Å². The third kappa shape index (κ3) is 5.46. The molecule has 0 aliphatic carbocycles. The lowest BCUT2D eigenvalue weighted by Gasteiger charge is -2.14. The number of anilines is 1. The molecule has 0 saturated carbocycles. The van der Waals surface area contributed by atoms with Crippen molar-refractivity contribution < 1.29 is 23.5 Å². The maximum Gasteiger partial charge on any atom is 0.311 e. The van der Waals surface area contributed by atoms with Crippen LogP contribution in [0.5, 0.6) is 5.75 Å². The van der Waals surface area contributed by atoms with Gasteiger partial charge in [0.25, 0.3) is 5.91 Å². The summed E-state index contributed by atoms with van der Waals surface area (Å²) in [5, 5.41) is 3.00. The van der Waals surface area contributed by atoms with E-state index in [2.05, 4.69) is 5.32 Å². The van der Waals surface area contributed by atoms with Gasteiger partial charge in [0.15, 0.2) is 6.10 Å². The Morgan fingerprint density at radius 1 is 1.20 bits per heavy atom. The summed E-state index contributed by atoms with van der Waals surface area (Å²) in [4.78, 5) is 24.1. The number of methoxy groups -OCH3 is 1. The summed E-state index contributed by atoms with van der Waals surface area (Å²) < 4.78 is 23.1. The zero-order valence-corrected chi connectivity index (χ0v) is 14.5. The number of halogens is 2. The lowest BCUT2D eigenvalue weighted by atomic mass is 10.1. The fourth-order valence-electron chi connectivity index (χ4n) is 2.11. The molecule has 0 aliphatic rings. The smallest absolute Gasteiger partial charge is 0.311 e. The summed E-state index contributed by atoms with van der Waals surface area (Å²) in [6.07, 6.45) is -1.10. The van der Waals surface area contributed by atoms with Crippen LogP contribution in [0.15, 0.2) is 42.5 Å². The second kappa shape index (κ2) is 8.48. The number of benzene rings is 2. The number of ether oxygens (including phenoxy) is 2. The maximum atomic E-state index is 12.9. The lowest BCUT2D eigenvalue weighted by molar-refractivity contribution is -0.152. The van der Waals surface area contributed by atoms with E-state index in [9.17, 15) is 14.0 Å². The van der Waals surface area contributed by atoms with Gasteiger partial charge in [0.2, 0.25) is 0 Å². The molecule has 0 unspecified atom stereocenters. The number of rotatable bonds is 6. The highest BCUT2D eigenvalue weighted by Gasteiger charge is 2.19. The van der Waals surface area contributed by atoms with Crippen molar-refractivity contribution in [2.75, 3.05) is 12.4 Å². The van der Waals surface area contributed by atoms with Gasteiger partial charge in [-0.25, -0.2) is 4.39 Å². The summed E-state index contributed by atoms with van der Waals surface area (Å²) in [7, 11) is 1.48. The molecule has 0 saturated heterocycles. The molecular weight excluding hydrogens is 349 g/mol. The minimum absolute atomic E-state index is 0.0854. The number of nitrogens with one attached hydrogen (secondary N) is 1. The van der Waals surface area contributed by atoms with E-state index in [0.717, 1.165) is 0 Å². The molecule has 2 rings (SSSR count). The molecule has 0 fully saturated rings. The van der Waals surface area contributed by atoms with E-state index < -0.39 is 23.8 Å². The number of carbonyl (C=O) groups excluding carboxylic acids is 2. The Balaban J connectivity index is 1.94. The van der Waals surface area contributed by atoms with Gasteiger partial charge in [-0.2, -0.15) is 0 Å². The van der Waals surface area contributed by atoms with Gasteiger partial charge >= 0.3 is 5.97 Å². The van der Waals surface area contributed by atoms with Crippen LogP contribution >= 0.6 is 11.6 Å². The first-order valence-corrected chi connectivity index (χ1v) is 7.85. The normalized spacial score (nSPS) is 11.5. The van der Waals surface area contributed by atoms with Crippen molar-refractivity contribution in [2.45, 2.75) is 19.4 Å². The first-order valence-electron chi connectivity index (χ1n) is 7.47. The van der Waals surface area contributed by atoms with Crippen LogP contribution in [-0.4, -0.2) is 25.1 Å². The molecule has 0 aliphatic heterocycles. The molecule has 1 amide bonds. The number of amides is 1. The maximum absolute atomic E-state index is 12.9. The van der Waals surface area contributed by atoms with Crippen LogP contribution in [0.1, 0.15) is 12.5 Å². The average Bonchev–Trinajstić information content (AvgIpc) is 2.57. The molecule has 5 nitrogen and oxygen atoms in total. The highest BCUT2D eigenvalue weighted by atomic mass is 35.5. The van der Waals surface area contributed by atoms with Crippen LogP contribution in [-0.2, 0) is 20.7 Å². The predicted octanol–water partition coefficient (Wildman–Crippen LogP) is 3.60. The van der Waals surface area contributed by atoms with E-state index in [-0.39, 0.29) is 6.42 Å². The van der Waals surface area contributed by atoms with Crippen LogP contribution < -0.4 is 10.1 Å². The minimum Gasteiger partial charge on any atom is -0.496 e. The van der Waals surface area contributed by atoms with E-state index in [1.165, 1.54) is 38.3 Å². The molecule has 1 N–H and O–H groups in total. The predicted molar refractivity (Wildman–Crippen MR) is 92.3 cm³/mol. The Morgan fingerprint density at radius 3 is 2.52 bits per heavy atom. The molecule has 0 heterocycles. The Morgan fingerprint density at radius 2 is 1.88 bits per heavy atom. The van der Waals surface area contributed by atoms with Crippen LogP contribution in [0.4, 0.5) is 10.1 Å². The fourth-order valence-corrected chi connectivity index (χ4v) is 2.30. The van der Waals surface area contributed by atoms with Gasteiger partial charge in [0.1, 0.15) is 11.6 Å². The zero-order chi connectivity index (χ0) is 18.4. The summed E-state index contributed by atoms with van der Waals surface area (Å²) in [5.74, 6) is -1.02. The third-order valence-electron chi connectivity index (χ3n) is 3.37. The van der Waals surface area contributed by atoms with Gasteiger partial charge in [-0.05, 0) is 49.4 Å². The quantitative estimate of drug-likeness (QED) is 0.794. The summed E-state index contributed by atoms with van der Waals surface area (Å²) >= 11 is 5.92. The first kappa shape index (κ1) is 18.7. The molecular formula is C18H17ClFNO4. The highest BCUT2D eigenvalue weighted by molar-refractivity contribution is 6.30. The van der Waals surface area contributed by atoms with Crippen molar-refractivity contribution in [3.8, 4) is 5.75 Å². The first-order chi connectivity index (χ1) is 11.9. The summed E-state index contributed by atoms with van der Waals surface area (Å²) in [6.45, 7) is 1.45. The number of hydrogen-bond donors (Lipinski definition) is 1. The number of carbonyl (C=O) groups is 2. The standard InChI is InChI=1S/C18H17ClFNO4/c1-11(18(23)21-15-6-4-14(20)5-7-15)25-17(22)10-12-9-13(19)3-8-16(12)24-2/h3-9,11H,10H2,1-2H3,(H,21,23)/t11-/m0/s1. The summed E-state index contributed by atoms with van der Waals surface area (Å²) in [6, 6.07) is 10.2. The molecule has 0 spiro atoms. The summed E-state index contributed by atoms with van der Waals surface area (Å²) in [5.41, 5.74) is 0.969. The molecule has 0 radical (unpaired) electrons. The Bertz CT molecular complexity index is 764. The van der Waals surface area contributed by atoms with E-state index in [0.29, 0.717) is 22.0 Å². The van der Waals surface area contributed by atoms with Crippen LogP contribution in [0.2, 0.25) is 5.02 Å². The Hall–Kier alpha value is -2.60. The van der Waals surface area contributed by atoms with E-state index >= 15 is 0 Å². The van der Waals surface area contributed by atoms with Crippen molar-refractivity contribution in [3.63, 3.8) is 0 Å². The number of esters is 1. The van der Waals surface area contributed by atoms with Crippen LogP contribution in [0, 0.1) is 5.82 Å². The average molecular weight is 366 g/mol. The minimum atomic E-state index is -1.01. The van der Waals surface area contributed by atoms with Gasteiger partial charge in [-0.15, -0.1) is 0 Å². The largest absolute Gasteiger partial charge is 0.496 e. The highest BCUT2D eigenvalue weighted by Crippen LogP contribution is 2.23. The van der Waals surface area contributed by atoms with Crippen molar-refractivity contribution in [2.24, 2.45) is 0 Å². The van der Waals surface area contributed by atoms with Gasteiger partial charge in [0, 0.05) is 16.3 Å². The van der Waals surface area contributed by atoms with E-state index in [1.807, 2.05) is 0 Å². The van der Waals surface area contributed by atoms with Crippen LogP contribution in [0.3, 0.4) is 0 Å². The molecule has 7 heteroatoms. The zero-order valence-electron chi connectivity index (χ0n) is 13.7. The molecule has 0 aromatic heterocycles. The molecule has 2 aromatic carbocycles.